The highest BCUT2D eigenvalue weighted by atomic mass is 35.5. The number of nitrogens with zero attached hydrogens (tertiary/aromatic N) is 6. The first-order valence-corrected chi connectivity index (χ1v) is 32.0. The molecule has 0 spiro atoms. The number of hydrogen-bond donors (Lipinski definition) is 5. The Balaban J connectivity index is 1.29. The maximum absolute atomic E-state index is 15.7. The van der Waals surface area contributed by atoms with Gasteiger partial charge in [-0.1, -0.05) is 43.5 Å². The predicted molar refractivity (Wildman–Crippen MR) is 289 cm³/mol. The number of phosphoric acid groups is 1. The number of benzene rings is 3. The summed E-state index contributed by atoms with van der Waals surface area (Å²) in [6.45, 7) is 1.82. The van der Waals surface area contributed by atoms with Crippen LogP contribution in [0.1, 0.15) is 109 Å². The average Bonchev–Trinajstić information content (AvgIpc) is 1.52. The number of phosphoric ester groups is 1. The smallest absolute Gasteiger partial charge is 0.524 e. The summed E-state index contributed by atoms with van der Waals surface area (Å²) in [5.41, 5.74) is -8.70. The zero-order valence-corrected chi connectivity index (χ0v) is 50.1. The van der Waals surface area contributed by atoms with Crippen molar-refractivity contribution in [3.63, 3.8) is 0 Å². The molecule has 8 rings (SSSR count). The van der Waals surface area contributed by atoms with E-state index < -0.39 is 195 Å². The molecule has 0 bridgehead atoms. The van der Waals surface area contributed by atoms with Crippen LogP contribution >= 0.6 is 27.0 Å². The number of hydrogen-bond acceptors (Lipinski definition) is 12. The Kier molecular flexibility index (Phi) is 17.8. The van der Waals surface area contributed by atoms with Crippen molar-refractivity contribution in [3.05, 3.63) is 128 Å². The third kappa shape index (κ3) is 14.8. The second kappa shape index (κ2) is 23.3. The molecule has 35 heteroatoms. The van der Waals surface area contributed by atoms with Gasteiger partial charge in [0.25, 0.3) is 5.92 Å². The summed E-state index contributed by atoms with van der Waals surface area (Å²) in [6, 6.07) is 6.72. The number of pyridine rings is 1. The Morgan fingerprint density at radius 2 is 1.59 bits per heavy atom. The van der Waals surface area contributed by atoms with E-state index in [1.54, 1.807) is 0 Å². The molecule has 5 N–H and O–H groups in total. The van der Waals surface area contributed by atoms with Gasteiger partial charge in [-0.25, -0.2) is 26.7 Å². The standard InChI is InChI=1S/C52H50ClF10N7O13P2S2/c1-25-13-27(23-84(73,74)75)17-38(83-85(76,77)78)43(25)48(2,3)20-40(72)70(86(79)80)21-37-42-35(53)10-9-32(45(42)69(66-37)24-50(56,57)58)31-8-7-30(11-12-49(4,5)87(6,81)82)64-44(31)36(16-26-14-28(54)18-29(55)15-26)65-39(71)22-68-47-41(46(67-68)52(61,62)63)33-19-34(33)51(47,59)60/h7-10,13-15,17-18,33-34,36H,16,19-24H2,1-6H3,(H,65,71)(H,79,80)(H2,73,74,75)(H2,76,77,78)/p-1/t33-,34+,36-/m0/s1. The number of rotatable bonds is 19. The Morgan fingerprint density at radius 1 is 0.954 bits per heavy atom. The summed E-state index contributed by atoms with van der Waals surface area (Å²) in [5.74, 6) is -7.29. The van der Waals surface area contributed by atoms with Gasteiger partial charge in [-0.3, -0.25) is 41.8 Å². The zero-order chi connectivity index (χ0) is 64.9. The molecule has 1 fully saturated rings. The van der Waals surface area contributed by atoms with Gasteiger partial charge in [0.2, 0.25) is 11.8 Å². The summed E-state index contributed by atoms with van der Waals surface area (Å²) >= 11 is 3.12. The fourth-order valence-corrected chi connectivity index (χ4v) is 12.6. The fraction of sp³-hybridized carbons (Fsp3) is 0.404. The van der Waals surface area contributed by atoms with Gasteiger partial charge in [0.1, 0.15) is 46.6 Å². The first kappa shape index (κ1) is 66.7. The van der Waals surface area contributed by atoms with Crippen molar-refractivity contribution in [2.45, 2.75) is 120 Å². The topological polar surface area (TPSA) is 296 Å². The lowest BCUT2D eigenvalue weighted by atomic mass is 9.78. The van der Waals surface area contributed by atoms with Crippen LogP contribution in [0.3, 0.4) is 0 Å². The highest BCUT2D eigenvalue weighted by molar-refractivity contribution is 7.92. The molecule has 1 saturated carbocycles. The van der Waals surface area contributed by atoms with Crippen LogP contribution in [0, 0.1) is 36.3 Å². The van der Waals surface area contributed by atoms with Crippen LogP contribution in [-0.4, -0.2) is 94.6 Å². The molecular formula is C52H49ClF10N7O13P2S2-. The molecule has 87 heavy (non-hydrogen) atoms. The summed E-state index contributed by atoms with van der Waals surface area (Å²) in [5, 5.41) is 8.97. The summed E-state index contributed by atoms with van der Waals surface area (Å²) in [4.78, 5) is 72.0. The fourth-order valence-electron chi connectivity index (χ4n) is 10.6. The van der Waals surface area contributed by atoms with Crippen molar-refractivity contribution in [3.8, 4) is 28.7 Å². The van der Waals surface area contributed by atoms with E-state index in [-0.39, 0.29) is 54.5 Å². The number of carbonyl (C=O) groups is 2. The van der Waals surface area contributed by atoms with Crippen molar-refractivity contribution in [1.29, 1.82) is 0 Å². The lowest BCUT2D eigenvalue weighted by molar-refractivity contribution is -0.143. The lowest BCUT2D eigenvalue weighted by Crippen LogP contribution is -2.37. The van der Waals surface area contributed by atoms with Gasteiger partial charge in [-0.2, -0.15) is 45.3 Å². The third-order valence-corrected chi connectivity index (χ3v) is 18.6. The second-order valence-corrected chi connectivity index (χ2v) is 28.7. The number of carbonyl (C=O) groups excluding carboxylic acids is 2. The van der Waals surface area contributed by atoms with Gasteiger partial charge >= 0.3 is 27.8 Å². The van der Waals surface area contributed by atoms with E-state index in [4.69, 9.17) is 16.1 Å². The maximum Gasteiger partial charge on any atom is 0.524 e. The van der Waals surface area contributed by atoms with E-state index in [1.807, 2.05) is 0 Å². The van der Waals surface area contributed by atoms with Crippen LogP contribution in [0.2, 0.25) is 5.02 Å². The lowest BCUT2D eigenvalue weighted by Gasteiger charge is -2.32. The number of halogens is 11. The van der Waals surface area contributed by atoms with Gasteiger partial charge in [-0.05, 0) is 98.5 Å². The van der Waals surface area contributed by atoms with Crippen LogP contribution in [0.5, 0.6) is 5.75 Å². The molecule has 3 aromatic carbocycles. The Hall–Kier alpha value is -6.26. The van der Waals surface area contributed by atoms with Gasteiger partial charge < -0.3 is 24.2 Å². The van der Waals surface area contributed by atoms with Crippen molar-refractivity contribution < 1.29 is 104 Å². The Labute approximate surface area is 495 Å². The molecule has 1 unspecified atom stereocenters. The first-order chi connectivity index (χ1) is 39.7. The molecular weight excluding hydrogens is 1280 g/mol. The molecule has 470 valence electrons. The molecule has 20 nitrogen and oxygen atoms in total. The monoisotopic (exact) mass is 1330 g/mol. The Morgan fingerprint density at radius 3 is 2.16 bits per heavy atom. The number of aryl methyl sites for hydroxylation is 1. The van der Waals surface area contributed by atoms with E-state index in [0.717, 1.165) is 48.7 Å². The Bertz CT molecular complexity index is 4100. The van der Waals surface area contributed by atoms with Crippen molar-refractivity contribution in [2.75, 3.05) is 6.26 Å². The van der Waals surface area contributed by atoms with E-state index in [0.29, 0.717) is 10.7 Å². The number of fused-ring (bicyclic) bond motifs is 4. The average molecular weight is 1330 g/mol. The number of sulfone groups is 1. The van der Waals surface area contributed by atoms with Crippen LogP contribution < -0.4 is 9.84 Å². The van der Waals surface area contributed by atoms with E-state index in [2.05, 4.69) is 32.3 Å². The SMILES string of the molecule is Cc1cc(CP(=O)(O)O)cc(OP(=O)(O)O)c1C(C)(C)CC(=O)N(Cc1nn(CC(F)(F)F)c2c(-c3ccc(C#CC(C)(C)S(C)(=O)=O)nc3[C@H](Cc3cc(F)cc(F)c3)NC(=O)Cn3nc(C(F)(F)F)c4c3C(F)(F)[C@@H]3C[C@H]43)ccc(Cl)c12)S(=O)[O-]. The molecule has 4 atom stereocenters. The van der Waals surface area contributed by atoms with Gasteiger partial charge in [0.05, 0.1) is 51.9 Å². The molecule has 2 amide bonds. The zero-order valence-electron chi connectivity index (χ0n) is 45.9. The molecule has 2 aliphatic carbocycles. The number of aromatic nitrogens is 5. The van der Waals surface area contributed by atoms with Crippen molar-refractivity contribution in [1.82, 2.24) is 34.2 Å². The minimum absolute atomic E-state index is 0.0474. The van der Waals surface area contributed by atoms with Crippen LogP contribution in [0.4, 0.5) is 43.9 Å². The van der Waals surface area contributed by atoms with E-state index in [1.165, 1.54) is 40.7 Å². The first-order valence-electron chi connectivity index (χ1n) is 25.4. The van der Waals surface area contributed by atoms with Gasteiger partial charge in [-0.15, -0.1) is 0 Å². The summed E-state index contributed by atoms with van der Waals surface area (Å²) in [7, 11) is -14.2. The van der Waals surface area contributed by atoms with E-state index in [9.17, 15) is 90.6 Å². The molecule has 3 heterocycles. The minimum atomic E-state index is -5.46. The van der Waals surface area contributed by atoms with Crippen molar-refractivity contribution >= 4 is 70.8 Å². The van der Waals surface area contributed by atoms with Crippen LogP contribution in [0.15, 0.2) is 54.6 Å². The molecule has 2 aliphatic rings. The molecule has 0 saturated heterocycles. The number of amides is 2. The summed E-state index contributed by atoms with van der Waals surface area (Å²) < 4.78 is 228. The number of alkyl halides is 8. The molecule has 0 aliphatic heterocycles. The minimum Gasteiger partial charge on any atom is -0.755 e. The predicted octanol–water partition coefficient (Wildman–Crippen LogP) is 9.24. The van der Waals surface area contributed by atoms with E-state index >= 15 is 8.78 Å². The normalized spacial score (nSPS) is 16.9. The quantitative estimate of drug-likeness (QED) is 0.0218. The van der Waals surface area contributed by atoms with Crippen LogP contribution in [0.25, 0.3) is 22.0 Å². The molecule has 0 radical (unpaired) electrons. The highest BCUT2D eigenvalue weighted by Gasteiger charge is 2.68. The van der Waals surface area contributed by atoms with Gasteiger partial charge in [0, 0.05) is 57.7 Å². The van der Waals surface area contributed by atoms with Gasteiger partial charge in [0.15, 0.2) is 15.5 Å². The molecule has 6 aromatic rings. The van der Waals surface area contributed by atoms with Crippen LogP contribution in [-0.2, 0) is 89.6 Å². The summed E-state index contributed by atoms with van der Waals surface area (Å²) in [6.07, 6.45) is -12.5. The van der Waals surface area contributed by atoms with Crippen molar-refractivity contribution in [2.24, 2.45) is 5.92 Å². The second-order valence-electron chi connectivity index (χ2n) is 22.0. The highest BCUT2D eigenvalue weighted by Crippen LogP contribution is 2.68. The number of nitrogens with one attached hydrogen (secondary N) is 1. The largest absolute Gasteiger partial charge is 0.755 e. The maximum atomic E-state index is 15.7. The molecule has 3 aromatic heterocycles. The third-order valence-electron chi connectivity index (χ3n) is 14.4.